The van der Waals surface area contributed by atoms with E-state index in [4.69, 9.17) is 14.5 Å². The molecule has 0 amide bonds. The Kier molecular flexibility index (Phi) is 4.44. The zero-order valence-electron chi connectivity index (χ0n) is 10.4. The molecule has 4 atom stereocenters. The number of hydrogen-bond donors (Lipinski definition) is 5. The highest BCUT2D eigenvalue weighted by Crippen LogP contribution is 2.38. The van der Waals surface area contributed by atoms with Crippen molar-refractivity contribution < 1.29 is 33.8 Å². The molecule has 0 radical (unpaired) electrons. The van der Waals surface area contributed by atoms with Gasteiger partial charge in [-0.05, 0) is 0 Å². The molecule has 0 saturated carbocycles. The molecule has 1 aromatic heterocycles. The van der Waals surface area contributed by atoms with Crippen LogP contribution in [-0.4, -0.2) is 54.5 Å². The first kappa shape index (κ1) is 16.0. The van der Waals surface area contributed by atoms with Crippen LogP contribution in [0.4, 0.5) is 0 Å². The van der Waals surface area contributed by atoms with Crippen molar-refractivity contribution in [2.75, 3.05) is 6.61 Å². The lowest BCUT2D eigenvalue weighted by Gasteiger charge is -2.16. The third-order valence-corrected chi connectivity index (χ3v) is 3.35. The van der Waals surface area contributed by atoms with Gasteiger partial charge < -0.3 is 24.7 Å². The first-order valence-electron chi connectivity index (χ1n) is 5.72. The van der Waals surface area contributed by atoms with Gasteiger partial charge in [0.25, 0.3) is 5.56 Å². The van der Waals surface area contributed by atoms with Crippen LogP contribution in [0.15, 0.2) is 21.9 Å². The van der Waals surface area contributed by atoms with Crippen LogP contribution in [0.5, 0.6) is 0 Å². The van der Waals surface area contributed by atoms with E-state index in [-0.39, 0.29) is 0 Å². The average Bonchev–Trinajstić information content (AvgIpc) is 2.64. The van der Waals surface area contributed by atoms with Gasteiger partial charge in [0.1, 0.15) is 18.3 Å². The summed E-state index contributed by atoms with van der Waals surface area (Å²) in [5.74, 6) is 0. The smallest absolute Gasteiger partial charge is 0.387 e. The molecule has 0 bridgehead atoms. The maximum Gasteiger partial charge on any atom is 0.469 e. The standard InChI is InChI=1S/C9H13N2O9P/c12-5-1-2-11(9(15)10-5)8-7(14)6(13)4(20-8)3-19-21(16,17)18/h1-2,4,6-8,13-14H,3H2,(H,10,12,15)(H2,16,17,18)/t4-,6-,7+,8+/m1/s1. The zero-order valence-corrected chi connectivity index (χ0v) is 11.3. The second-order valence-electron chi connectivity index (χ2n) is 4.35. The Labute approximate surface area is 116 Å². The van der Waals surface area contributed by atoms with Crippen LogP contribution in [0.2, 0.25) is 0 Å². The molecule has 2 rings (SSSR count). The predicted octanol–water partition coefficient (Wildman–Crippen LogP) is -2.73. The van der Waals surface area contributed by atoms with Gasteiger partial charge in [0.15, 0.2) is 6.23 Å². The van der Waals surface area contributed by atoms with Crippen molar-refractivity contribution in [3.05, 3.63) is 33.1 Å². The van der Waals surface area contributed by atoms with E-state index in [2.05, 4.69) is 4.52 Å². The normalized spacial score (nSPS) is 29.7. The molecule has 0 aromatic carbocycles. The Morgan fingerprint density at radius 2 is 2.00 bits per heavy atom. The quantitative estimate of drug-likeness (QED) is 0.368. The molecule has 1 saturated heterocycles. The summed E-state index contributed by atoms with van der Waals surface area (Å²) in [5, 5.41) is 19.6. The lowest BCUT2D eigenvalue weighted by molar-refractivity contribution is -0.0543. The highest BCUT2D eigenvalue weighted by molar-refractivity contribution is 7.46. The van der Waals surface area contributed by atoms with Crippen molar-refractivity contribution >= 4 is 7.82 Å². The fraction of sp³-hybridized carbons (Fsp3) is 0.556. The van der Waals surface area contributed by atoms with E-state index >= 15 is 0 Å². The van der Waals surface area contributed by atoms with Crippen LogP contribution in [-0.2, 0) is 13.8 Å². The minimum absolute atomic E-state index is 0.648. The monoisotopic (exact) mass is 324 g/mol. The van der Waals surface area contributed by atoms with Gasteiger partial charge >= 0.3 is 13.5 Å². The third kappa shape index (κ3) is 3.66. The number of rotatable bonds is 4. The summed E-state index contributed by atoms with van der Waals surface area (Å²) >= 11 is 0. The highest BCUT2D eigenvalue weighted by Gasteiger charge is 2.44. The first-order chi connectivity index (χ1) is 9.69. The second kappa shape index (κ2) is 5.81. The number of phosphoric acid groups is 1. The van der Waals surface area contributed by atoms with Crippen molar-refractivity contribution in [3.8, 4) is 0 Å². The molecule has 5 N–H and O–H groups in total. The van der Waals surface area contributed by atoms with Crippen molar-refractivity contribution in [1.82, 2.24) is 9.55 Å². The van der Waals surface area contributed by atoms with Gasteiger partial charge in [0.2, 0.25) is 0 Å². The van der Waals surface area contributed by atoms with E-state index in [0.29, 0.717) is 0 Å². The molecule has 1 aliphatic rings. The first-order valence-corrected chi connectivity index (χ1v) is 7.25. The molecular weight excluding hydrogens is 311 g/mol. The number of nitrogens with zero attached hydrogens (tertiary/aromatic N) is 1. The minimum Gasteiger partial charge on any atom is -0.387 e. The number of nitrogens with one attached hydrogen (secondary N) is 1. The van der Waals surface area contributed by atoms with Gasteiger partial charge in [0, 0.05) is 12.3 Å². The number of hydrogen-bond acceptors (Lipinski definition) is 7. The molecule has 1 aliphatic heterocycles. The van der Waals surface area contributed by atoms with Gasteiger partial charge in [0.05, 0.1) is 6.61 Å². The molecule has 11 nitrogen and oxygen atoms in total. The van der Waals surface area contributed by atoms with Crippen LogP contribution in [0.3, 0.4) is 0 Å². The molecule has 0 unspecified atom stereocenters. The van der Waals surface area contributed by atoms with E-state index in [0.717, 1.165) is 16.8 Å². The molecule has 12 heteroatoms. The number of aliphatic hydroxyl groups is 2. The molecule has 0 aliphatic carbocycles. The molecule has 21 heavy (non-hydrogen) atoms. The van der Waals surface area contributed by atoms with Crippen molar-refractivity contribution in [1.29, 1.82) is 0 Å². The van der Waals surface area contributed by atoms with Crippen LogP contribution in [0, 0.1) is 0 Å². The molecule has 2 heterocycles. The maximum absolute atomic E-state index is 11.6. The van der Waals surface area contributed by atoms with E-state index in [1.165, 1.54) is 0 Å². The topological polar surface area (TPSA) is 171 Å². The number of aromatic amines is 1. The summed E-state index contributed by atoms with van der Waals surface area (Å²) in [4.78, 5) is 41.6. The number of phosphoric ester groups is 1. The summed E-state index contributed by atoms with van der Waals surface area (Å²) in [6.07, 6.45) is -4.58. The number of aliphatic hydroxyl groups excluding tert-OH is 2. The summed E-state index contributed by atoms with van der Waals surface area (Å²) in [6.45, 7) is -0.683. The van der Waals surface area contributed by atoms with E-state index in [9.17, 15) is 24.4 Å². The van der Waals surface area contributed by atoms with E-state index in [1.807, 2.05) is 4.98 Å². The van der Waals surface area contributed by atoms with Crippen LogP contribution < -0.4 is 11.2 Å². The Balaban J connectivity index is 2.18. The van der Waals surface area contributed by atoms with Gasteiger partial charge in [-0.15, -0.1) is 0 Å². The lowest BCUT2D eigenvalue weighted by atomic mass is 10.1. The Hall–Kier alpha value is -1.33. The van der Waals surface area contributed by atoms with Gasteiger partial charge in [-0.2, -0.15) is 0 Å². The SMILES string of the molecule is O=c1ccn([C@H]2O[C@H](COP(=O)(O)O)[C@@H](O)[C@@H]2O)c(=O)[nH]1. The number of H-pyrrole nitrogens is 1. The zero-order chi connectivity index (χ0) is 15.8. The van der Waals surface area contributed by atoms with Gasteiger partial charge in [-0.3, -0.25) is 18.9 Å². The van der Waals surface area contributed by atoms with Crippen molar-refractivity contribution in [2.45, 2.75) is 24.5 Å². The Morgan fingerprint density at radius 1 is 1.33 bits per heavy atom. The largest absolute Gasteiger partial charge is 0.469 e. The number of ether oxygens (including phenoxy) is 1. The molecule has 0 spiro atoms. The van der Waals surface area contributed by atoms with Crippen LogP contribution >= 0.6 is 7.82 Å². The Bertz CT molecular complexity index is 664. The van der Waals surface area contributed by atoms with E-state index < -0.39 is 50.2 Å². The van der Waals surface area contributed by atoms with Gasteiger partial charge in [-0.25, -0.2) is 9.36 Å². The van der Waals surface area contributed by atoms with Crippen LogP contribution in [0.25, 0.3) is 0 Å². The van der Waals surface area contributed by atoms with Crippen molar-refractivity contribution in [2.24, 2.45) is 0 Å². The third-order valence-electron chi connectivity index (χ3n) is 2.87. The fourth-order valence-corrected chi connectivity index (χ4v) is 2.24. The predicted molar refractivity (Wildman–Crippen MR) is 65.2 cm³/mol. The summed E-state index contributed by atoms with van der Waals surface area (Å²) in [7, 11) is -4.76. The fourth-order valence-electron chi connectivity index (χ4n) is 1.89. The lowest BCUT2D eigenvalue weighted by Crippen LogP contribution is -2.37. The highest BCUT2D eigenvalue weighted by atomic mass is 31.2. The van der Waals surface area contributed by atoms with Gasteiger partial charge in [-0.1, -0.05) is 0 Å². The van der Waals surface area contributed by atoms with Crippen molar-refractivity contribution in [3.63, 3.8) is 0 Å². The molecule has 1 fully saturated rings. The molecular formula is C9H13N2O9P. The molecule has 1 aromatic rings. The number of aromatic nitrogens is 2. The van der Waals surface area contributed by atoms with Crippen LogP contribution in [0.1, 0.15) is 6.23 Å². The summed E-state index contributed by atoms with van der Waals surface area (Å²) < 4.78 is 20.8. The molecule has 118 valence electrons. The second-order valence-corrected chi connectivity index (χ2v) is 5.59. The summed E-state index contributed by atoms with van der Waals surface area (Å²) in [6, 6.07) is 1.02. The minimum atomic E-state index is -4.76. The Morgan fingerprint density at radius 3 is 2.57 bits per heavy atom. The maximum atomic E-state index is 11.6. The summed E-state index contributed by atoms with van der Waals surface area (Å²) in [5.41, 5.74) is -1.51. The average molecular weight is 324 g/mol. The van der Waals surface area contributed by atoms with E-state index in [1.54, 1.807) is 0 Å².